The van der Waals surface area contributed by atoms with Crippen molar-refractivity contribution in [1.82, 2.24) is 0 Å². The van der Waals surface area contributed by atoms with Gasteiger partial charge in [-0.15, -0.1) is 0 Å². The number of anilines is 1. The molecule has 2 rings (SSSR count). The van der Waals surface area contributed by atoms with Crippen molar-refractivity contribution in [3.63, 3.8) is 0 Å². The van der Waals surface area contributed by atoms with E-state index in [0.29, 0.717) is 18.4 Å². The van der Waals surface area contributed by atoms with Crippen LogP contribution in [-0.4, -0.2) is 23.9 Å². The molecule has 4 heteroatoms. The number of carbonyl (C=O) groups excluding carboxylic acids is 1. The van der Waals surface area contributed by atoms with Crippen LogP contribution in [0.3, 0.4) is 0 Å². The molecule has 0 radical (unpaired) electrons. The predicted octanol–water partition coefficient (Wildman–Crippen LogP) is 3.77. The Morgan fingerprint density at radius 1 is 1.35 bits per heavy atom. The van der Waals surface area contributed by atoms with E-state index < -0.39 is 0 Å². The minimum atomic E-state index is 0.109. The number of hydrogen-bond acceptors (Lipinski definition) is 2. The van der Waals surface area contributed by atoms with Gasteiger partial charge in [0.15, 0.2) is 0 Å². The summed E-state index contributed by atoms with van der Waals surface area (Å²) in [4.78, 5) is 11.9. The summed E-state index contributed by atoms with van der Waals surface area (Å²) in [6, 6.07) is 8.07. The fourth-order valence-corrected chi connectivity index (χ4v) is 3.01. The van der Waals surface area contributed by atoms with Crippen molar-refractivity contribution in [1.29, 1.82) is 0 Å². The van der Waals surface area contributed by atoms with Gasteiger partial charge >= 0.3 is 0 Å². The maximum absolute atomic E-state index is 11.9. The molecule has 1 aromatic rings. The molecule has 20 heavy (non-hydrogen) atoms. The molecule has 1 fully saturated rings. The Balaban J connectivity index is 1.72. The van der Waals surface area contributed by atoms with Crippen LogP contribution in [0.4, 0.5) is 5.69 Å². The van der Waals surface area contributed by atoms with Crippen LogP contribution in [0.5, 0.6) is 0 Å². The normalized spacial score (nSPS) is 21.3. The topological polar surface area (TPSA) is 38.3 Å². The van der Waals surface area contributed by atoms with Crippen LogP contribution in [0.25, 0.3) is 0 Å². The Morgan fingerprint density at radius 2 is 2.05 bits per heavy atom. The molecule has 1 N–H and O–H groups in total. The second-order valence-corrected chi connectivity index (χ2v) is 6.10. The smallest absolute Gasteiger partial charge is 0.224 e. The number of hydrogen-bond donors (Lipinski definition) is 1. The molecule has 1 saturated carbocycles. The van der Waals surface area contributed by atoms with E-state index in [1.165, 1.54) is 5.56 Å². The van der Waals surface area contributed by atoms with Gasteiger partial charge in [0.2, 0.25) is 5.91 Å². The zero-order valence-electron chi connectivity index (χ0n) is 11.9. The molecule has 0 aliphatic heterocycles. The fraction of sp³-hybridized carbons (Fsp3) is 0.562. The molecule has 1 aliphatic rings. The van der Waals surface area contributed by atoms with Crippen LogP contribution < -0.4 is 5.32 Å². The van der Waals surface area contributed by atoms with Crippen molar-refractivity contribution in [3.8, 4) is 0 Å². The van der Waals surface area contributed by atoms with Crippen LogP contribution in [0.15, 0.2) is 24.3 Å². The van der Waals surface area contributed by atoms with Gasteiger partial charge in [-0.1, -0.05) is 28.1 Å². The van der Waals surface area contributed by atoms with Crippen LogP contribution in [0.1, 0.15) is 31.7 Å². The molecule has 0 unspecified atom stereocenters. The van der Waals surface area contributed by atoms with Crippen molar-refractivity contribution in [2.75, 3.05) is 17.3 Å². The minimum absolute atomic E-state index is 0.109. The Kier molecular flexibility index (Phi) is 6.05. The highest BCUT2D eigenvalue weighted by Crippen LogP contribution is 2.32. The number of rotatable bonds is 7. The lowest BCUT2D eigenvalue weighted by Gasteiger charge is -2.34. The molecule has 0 bridgehead atoms. The zero-order chi connectivity index (χ0) is 14.4. The van der Waals surface area contributed by atoms with Gasteiger partial charge in [0, 0.05) is 24.0 Å². The average molecular weight is 340 g/mol. The Morgan fingerprint density at radius 3 is 2.65 bits per heavy atom. The molecule has 110 valence electrons. The number of nitrogens with one attached hydrogen (secondary N) is 1. The molecule has 0 heterocycles. The van der Waals surface area contributed by atoms with Crippen molar-refractivity contribution >= 4 is 27.5 Å². The second kappa shape index (κ2) is 7.79. The number of ether oxygens (including phenoxy) is 1. The highest BCUT2D eigenvalue weighted by atomic mass is 79.9. The van der Waals surface area contributed by atoms with E-state index in [1.54, 1.807) is 0 Å². The number of amides is 1. The first-order chi connectivity index (χ1) is 9.71. The SMILES string of the molecule is CCOC1CC(CC(=O)Nc2ccc(CCBr)cc2)C1. The molecule has 0 saturated heterocycles. The summed E-state index contributed by atoms with van der Waals surface area (Å²) in [6.07, 6.45) is 4.03. The van der Waals surface area contributed by atoms with Crippen molar-refractivity contribution in [2.45, 2.75) is 38.7 Å². The third-order valence-electron chi connectivity index (χ3n) is 3.69. The van der Waals surface area contributed by atoms with Crippen molar-refractivity contribution < 1.29 is 9.53 Å². The van der Waals surface area contributed by atoms with Crippen LogP contribution in [-0.2, 0) is 16.0 Å². The van der Waals surface area contributed by atoms with Crippen LogP contribution >= 0.6 is 15.9 Å². The maximum atomic E-state index is 11.9. The van der Waals surface area contributed by atoms with Gasteiger partial charge in [0.1, 0.15) is 0 Å². The number of alkyl halides is 1. The number of halogens is 1. The lowest BCUT2D eigenvalue weighted by Crippen LogP contribution is -2.33. The average Bonchev–Trinajstić information content (AvgIpc) is 2.39. The summed E-state index contributed by atoms with van der Waals surface area (Å²) >= 11 is 3.42. The Hall–Kier alpha value is -0.870. The molecule has 0 atom stereocenters. The van der Waals surface area contributed by atoms with Gasteiger partial charge < -0.3 is 10.1 Å². The van der Waals surface area contributed by atoms with Gasteiger partial charge in [-0.2, -0.15) is 0 Å². The van der Waals surface area contributed by atoms with Crippen LogP contribution in [0.2, 0.25) is 0 Å². The third-order valence-corrected chi connectivity index (χ3v) is 4.09. The summed E-state index contributed by atoms with van der Waals surface area (Å²) in [5.74, 6) is 0.595. The monoisotopic (exact) mass is 339 g/mol. The Labute approximate surface area is 129 Å². The van der Waals surface area contributed by atoms with E-state index in [2.05, 4.69) is 33.4 Å². The Bertz CT molecular complexity index is 427. The standard InChI is InChI=1S/C16H22BrNO2/c1-2-20-15-9-13(10-15)11-16(19)18-14-5-3-12(4-6-14)7-8-17/h3-6,13,15H,2,7-11H2,1H3,(H,18,19). The molecular weight excluding hydrogens is 318 g/mol. The summed E-state index contributed by atoms with van der Waals surface area (Å²) in [7, 11) is 0. The van der Waals surface area contributed by atoms with Gasteiger partial charge in [-0.05, 0) is 49.8 Å². The molecule has 1 aromatic carbocycles. The van der Waals surface area contributed by atoms with E-state index in [9.17, 15) is 4.79 Å². The highest BCUT2D eigenvalue weighted by Gasteiger charge is 2.30. The number of aryl methyl sites for hydroxylation is 1. The quantitative estimate of drug-likeness (QED) is 0.768. The van der Waals surface area contributed by atoms with Gasteiger partial charge in [0.05, 0.1) is 6.10 Å². The summed E-state index contributed by atoms with van der Waals surface area (Å²) in [6.45, 7) is 2.78. The third kappa shape index (κ3) is 4.60. The maximum Gasteiger partial charge on any atom is 0.224 e. The molecule has 3 nitrogen and oxygen atoms in total. The van der Waals surface area contributed by atoms with Crippen LogP contribution in [0, 0.1) is 5.92 Å². The first-order valence-corrected chi connectivity index (χ1v) is 8.39. The lowest BCUT2D eigenvalue weighted by atomic mass is 9.80. The molecule has 0 aromatic heterocycles. The van der Waals surface area contributed by atoms with Crippen molar-refractivity contribution in [3.05, 3.63) is 29.8 Å². The van der Waals surface area contributed by atoms with E-state index in [-0.39, 0.29) is 5.91 Å². The fourth-order valence-electron chi connectivity index (χ4n) is 2.55. The molecule has 1 amide bonds. The predicted molar refractivity (Wildman–Crippen MR) is 85.3 cm³/mol. The summed E-state index contributed by atoms with van der Waals surface area (Å²) in [5, 5.41) is 3.93. The van der Waals surface area contributed by atoms with Crippen molar-refractivity contribution in [2.24, 2.45) is 5.92 Å². The van der Waals surface area contributed by atoms with E-state index in [4.69, 9.17) is 4.74 Å². The summed E-state index contributed by atoms with van der Waals surface area (Å²) < 4.78 is 5.51. The number of benzene rings is 1. The second-order valence-electron chi connectivity index (χ2n) is 5.30. The van der Waals surface area contributed by atoms with E-state index in [0.717, 1.165) is 36.9 Å². The van der Waals surface area contributed by atoms with Gasteiger partial charge in [0.25, 0.3) is 0 Å². The molecular formula is C16H22BrNO2. The first-order valence-electron chi connectivity index (χ1n) is 7.27. The van der Waals surface area contributed by atoms with E-state index in [1.807, 2.05) is 19.1 Å². The largest absolute Gasteiger partial charge is 0.378 e. The minimum Gasteiger partial charge on any atom is -0.378 e. The first kappa shape index (κ1) is 15.5. The van der Waals surface area contributed by atoms with Gasteiger partial charge in [-0.3, -0.25) is 4.79 Å². The lowest BCUT2D eigenvalue weighted by molar-refractivity contribution is -0.119. The van der Waals surface area contributed by atoms with Gasteiger partial charge in [-0.25, -0.2) is 0 Å². The molecule has 1 aliphatic carbocycles. The highest BCUT2D eigenvalue weighted by molar-refractivity contribution is 9.09. The van der Waals surface area contributed by atoms with E-state index >= 15 is 0 Å². The molecule has 0 spiro atoms. The summed E-state index contributed by atoms with van der Waals surface area (Å²) in [5.41, 5.74) is 2.16. The number of carbonyl (C=O) groups is 1. The zero-order valence-corrected chi connectivity index (χ0v) is 13.5.